The molecule has 2 aromatic rings. The lowest BCUT2D eigenvalue weighted by molar-refractivity contribution is -0.121. The Kier molecular flexibility index (Phi) is 5.54. The monoisotopic (exact) mass is 330 g/mol. The number of benzene rings is 2. The highest BCUT2D eigenvalue weighted by Crippen LogP contribution is 2.23. The van der Waals surface area contributed by atoms with Crippen molar-refractivity contribution in [2.45, 2.75) is 13.8 Å². The van der Waals surface area contributed by atoms with Crippen LogP contribution < -0.4 is 15.4 Å². The van der Waals surface area contributed by atoms with Gasteiger partial charge in [0.05, 0.1) is 5.69 Å². The van der Waals surface area contributed by atoms with Gasteiger partial charge in [-0.2, -0.15) is 0 Å². The van der Waals surface area contributed by atoms with Gasteiger partial charge in [-0.3, -0.25) is 10.1 Å². The van der Waals surface area contributed by atoms with Gasteiger partial charge in [0.2, 0.25) is 0 Å². The number of thiocarbonyl (C=S) groups is 1. The molecule has 0 unspecified atom stereocenters. The first kappa shape index (κ1) is 16.8. The third kappa shape index (κ3) is 5.27. The molecular weight excluding hydrogens is 312 g/mol. The fourth-order valence-electron chi connectivity index (χ4n) is 1.92. The van der Waals surface area contributed by atoms with Crippen LogP contribution in [0.25, 0.3) is 0 Å². The molecule has 5 nitrogen and oxygen atoms in total. The highest BCUT2D eigenvalue weighted by Gasteiger charge is 2.08. The van der Waals surface area contributed by atoms with Crippen LogP contribution in [0.5, 0.6) is 11.5 Å². The molecular formula is C17H18N2O3S. The molecule has 0 heterocycles. The zero-order valence-corrected chi connectivity index (χ0v) is 13.7. The summed E-state index contributed by atoms with van der Waals surface area (Å²) < 4.78 is 5.39. The average molecular weight is 330 g/mol. The number of phenolic OH excluding ortho intramolecular Hbond substituents is 1. The van der Waals surface area contributed by atoms with Crippen LogP contribution in [0, 0.1) is 13.8 Å². The molecule has 0 radical (unpaired) electrons. The van der Waals surface area contributed by atoms with E-state index in [-0.39, 0.29) is 23.4 Å². The molecule has 3 N–H and O–H groups in total. The zero-order valence-electron chi connectivity index (χ0n) is 12.9. The smallest absolute Gasteiger partial charge is 0.264 e. The number of hydrogen-bond acceptors (Lipinski definition) is 4. The highest BCUT2D eigenvalue weighted by atomic mass is 32.1. The molecule has 23 heavy (non-hydrogen) atoms. The molecule has 0 fully saturated rings. The normalized spacial score (nSPS) is 10.0. The molecule has 6 heteroatoms. The Morgan fingerprint density at radius 3 is 2.61 bits per heavy atom. The fourth-order valence-corrected chi connectivity index (χ4v) is 2.14. The molecule has 1 amide bonds. The number of carbonyl (C=O) groups excluding carboxylic acids is 1. The Bertz CT molecular complexity index is 732. The maximum absolute atomic E-state index is 11.8. The lowest BCUT2D eigenvalue weighted by Gasteiger charge is -2.12. The molecule has 0 aliphatic carbocycles. The van der Waals surface area contributed by atoms with Crippen molar-refractivity contribution in [3.8, 4) is 11.5 Å². The van der Waals surface area contributed by atoms with Crippen LogP contribution in [0.15, 0.2) is 42.5 Å². The summed E-state index contributed by atoms with van der Waals surface area (Å²) in [6, 6.07) is 12.5. The number of phenols is 1. The van der Waals surface area contributed by atoms with Crippen LogP contribution in [0.2, 0.25) is 0 Å². The number of rotatable bonds is 4. The SMILES string of the molecule is Cc1cccc(OCC(=O)NC(=S)Nc2ccc(C)cc2O)c1. The third-order valence-electron chi connectivity index (χ3n) is 3.01. The van der Waals surface area contributed by atoms with Gasteiger partial charge in [-0.1, -0.05) is 18.2 Å². The van der Waals surface area contributed by atoms with Gasteiger partial charge in [-0.05, 0) is 61.5 Å². The number of ether oxygens (including phenoxy) is 1. The van der Waals surface area contributed by atoms with Crippen molar-refractivity contribution in [1.82, 2.24) is 5.32 Å². The molecule has 0 saturated carbocycles. The Hall–Kier alpha value is -2.60. The molecule has 0 spiro atoms. The number of aryl methyl sites for hydroxylation is 2. The minimum atomic E-state index is -0.379. The van der Waals surface area contributed by atoms with Gasteiger partial charge < -0.3 is 15.2 Å². The maximum Gasteiger partial charge on any atom is 0.264 e. The van der Waals surface area contributed by atoms with E-state index in [2.05, 4.69) is 10.6 Å². The van der Waals surface area contributed by atoms with E-state index in [0.717, 1.165) is 11.1 Å². The largest absolute Gasteiger partial charge is 0.506 e. The van der Waals surface area contributed by atoms with E-state index >= 15 is 0 Å². The fraction of sp³-hybridized carbons (Fsp3) is 0.176. The van der Waals surface area contributed by atoms with Gasteiger partial charge in [0.25, 0.3) is 5.91 Å². The van der Waals surface area contributed by atoms with Gasteiger partial charge in [0.1, 0.15) is 11.5 Å². The Morgan fingerprint density at radius 1 is 1.17 bits per heavy atom. The first-order valence-corrected chi connectivity index (χ1v) is 7.45. The van der Waals surface area contributed by atoms with Crippen LogP contribution in [-0.2, 0) is 4.79 Å². The van der Waals surface area contributed by atoms with Crippen molar-refractivity contribution in [2.24, 2.45) is 0 Å². The van der Waals surface area contributed by atoms with Crippen molar-refractivity contribution in [2.75, 3.05) is 11.9 Å². The minimum Gasteiger partial charge on any atom is -0.506 e. The van der Waals surface area contributed by atoms with E-state index in [1.54, 1.807) is 18.2 Å². The zero-order chi connectivity index (χ0) is 16.8. The molecule has 0 atom stereocenters. The molecule has 2 rings (SSSR count). The van der Waals surface area contributed by atoms with Crippen LogP contribution in [-0.4, -0.2) is 22.7 Å². The second kappa shape index (κ2) is 7.60. The van der Waals surface area contributed by atoms with E-state index in [9.17, 15) is 9.90 Å². The van der Waals surface area contributed by atoms with E-state index in [1.165, 1.54) is 0 Å². The van der Waals surface area contributed by atoms with Crippen molar-refractivity contribution < 1.29 is 14.6 Å². The summed E-state index contributed by atoms with van der Waals surface area (Å²) in [6.07, 6.45) is 0. The Balaban J connectivity index is 1.84. The summed E-state index contributed by atoms with van der Waals surface area (Å²) in [6.45, 7) is 3.66. The van der Waals surface area contributed by atoms with Gasteiger partial charge >= 0.3 is 0 Å². The lowest BCUT2D eigenvalue weighted by atomic mass is 10.2. The van der Waals surface area contributed by atoms with E-state index < -0.39 is 0 Å². The molecule has 2 aromatic carbocycles. The molecule has 0 bridgehead atoms. The molecule has 0 aromatic heterocycles. The summed E-state index contributed by atoms with van der Waals surface area (Å²) in [4.78, 5) is 11.8. The van der Waals surface area contributed by atoms with Crippen LogP contribution >= 0.6 is 12.2 Å². The number of amides is 1. The minimum absolute atomic E-state index is 0.0672. The molecule has 0 aliphatic heterocycles. The van der Waals surface area contributed by atoms with Gasteiger partial charge in [0, 0.05) is 0 Å². The summed E-state index contributed by atoms with van der Waals surface area (Å²) in [5.41, 5.74) is 2.41. The summed E-state index contributed by atoms with van der Waals surface area (Å²) in [5.74, 6) is 0.309. The summed E-state index contributed by atoms with van der Waals surface area (Å²) in [5, 5.41) is 15.2. The van der Waals surface area contributed by atoms with E-state index in [0.29, 0.717) is 11.4 Å². The summed E-state index contributed by atoms with van der Waals surface area (Å²) >= 11 is 5.05. The van der Waals surface area contributed by atoms with Crippen molar-refractivity contribution >= 4 is 28.9 Å². The number of anilines is 1. The van der Waals surface area contributed by atoms with E-state index in [1.807, 2.05) is 38.1 Å². The Labute approximate surface area is 140 Å². The molecule has 0 aliphatic rings. The molecule has 120 valence electrons. The third-order valence-corrected chi connectivity index (χ3v) is 3.22. The topological polar surface area (TPSA) is 70.6 Å². The second-order valence-corrected chi connectivity index (χ2v) is 5.54. The van der Waals surface area contributed by atoms with Crippen molar-refractivity contribution in [3.05, 3.63) is 53.6 Å². The lowest BCUT2D eigenvalue weighted by Crippen LogP contribution is -2.37. The van der Waals surface area contributed by atoms with Gasteiger partial charge in [0.15, 0.2) is 11.7 Å². The standard InChI is InChI=1S/C17H18N2O3S/c1-11-4-3-5-13(8-11)22-10-16(21)19-17(23)18-14-7-6-12(2)9-15(14)20/h3-9,20H,10H2,1-2H3,(H2,18,19,21,23). The van der Waals surface area contributed by atoms with Crippen molar-refractivity contribution in [3.63, 3.8) is 0 Å². The quantitative estimate of drug-likeness (QED) is 0.594. The average Bonchev–Trinajstić information content (AvgIpc) is 2.48. The van der Waals surface area contributed by atoms with Gasteiger partial charge in [-0.25, -0.2) is 0 Å². The van der Waals surface area contributed by atoms with E-state index in [4.69, 9.17) is 17.0 Å². The highest BCUT2D eigenvalue weighted by molar-refractivity contribution is 7.80. The van der Waals surface area contributed by atoms with Crippen LogP contribution in [0.1, 0.15) is 11.1 Å². The van der Waals surface area contributed by atoms with Crippen LogP contribution in [0.4, 0.5) is 5.69 Å². The predicted octanol–water partition coefficient (Wildman–Crippen LogP) is 2.90. The Morgan fingerprint density at radius 2 is 1.91 bits per heavy atom. The second-order valence-electron chi connectivity index (χ2n) is 5.13. The first-order valence-electron chi connectivity index (χ1n) is 7.04. The van der Waals surface area contributed by atoms with Gasteiger partial charge in [-0.15, -0.1) is 0 Å². The maximum atomic E-state index is 11.8. The first-order chi connectivity index (χ1) is 10.9. The van der Waals surface area contributed by atoms with Crippen LogP contribution in [0.3, 0.4) is 0 Å². The predicted molar refractivity (Wildman–Crippen MR) is 93.9 cm³/mol. The number of aromatic hydroxyl groups is 1. The number of hydrogen-bond donors (Lipinski definition) is 3. The number of nitrogens with one attached hydrogen (secondary N) is 2. The summed E-state index contributed by atoms with van der Waals surface area (Å²) in [7, 11) is 0. The number of carbonyl (C=O) groups is 1. The van der Waals surface area contributed by atoms with Crippen molar-refractivity contribution in [1.29, 1.82) is 0 Å². The molecule has 0 saturated heterocycles.